The van der Waals surface area contributed by atoms with E-state index in [9.17, 15) is 14.0 Å². The molecule has 24 heavy (non-hydrogen) atoms. The van der Waals surface area contributed by atoms with Crippen LogP contribution in [0.3, 0.4) is 0 Å². The zero-order chi connectivity index (χ0) is 17.1. The molecule has 4 nitrogen and oxygen atoms in total. The Labute approximate surface area is 144 Å². The van der Waals surface area contributed by atoms with Gasteiger partial charge in [-0.2, -0.15) is 0 Å². The highest BCUT2D eigenvalue weighted by atomic mass is 35.5. The lowest BCUT2D eigenvalue weighted by molar-refractivity contribution is -0.118. The summed E-state index contributed by atoms with van der Waals surface area (Å²) >= 11 is 5.97. The molecule has 1 fully saturated rings. The van der Waals surface area contributed by atoms with Crippen molar-refractivity contribution in [2.45, 2.75) is 6.42 Å². The third-order valence-corrected chi connectivity index (χ3v) is 4.34. The van der Waals surface area contributed by atoms with E-state index in [1.165, 1.54) is 23.1 Å². The Balaban J connectivity index is 1.80. The molecule has 1 aliphatic rings. The standard InChI is InChI=1S/C18H16ClFN2O2/c19-14-7-4-8-15(20)17(14)18(24)21-10-9-16(23)22(12-11-21)13-5-2-1-3-6-13/h1-8H,9-12H2. The van der Waals surface area contributed by atoms with Crippen molar-refractivity contribution in [3.05, 3.63) is 64.9 Å². The van der Waals surface area contributed by atoms with Crippen molar-refractivity contribution < 1.29 is 14.0 Å². The summed E-state index contributed by atoms with van der Waals surface area (Å²) < 4.78 is 14.0. The van der Waals surface area contributed by atoms with E-state index < -0.39 is 11.7 Å². The molecule has 0 aromatic heterocycles. The number of halogens is 2. The Hall–Kier alpha value is -2.40. The van der Waals surface area contributed by atoms with Gasteiger partial charge in [-0.25, -0.2) is 4.39 Å². The highest BCUT2D eigenvalue weighted by molar-refractivity contribution is 6.33. The van der Waals surface area contributed by atoms with E-state index in [1.807, 2.05) is 30.3 Å². The van der Waals surface area contributed by atoms with Crippen LogP contribution in [0.25, 0.3) is 0 Å². The maximum atomic E-state index is 14.0. The van der Waals surface area contributed by atoms with Gasteiger partial charge in [0, 0.05) is 31.7 Å². The van der Waals surface area contributed by atoms with E-state index in [-0.39, 0.29) is 29.5 Å². The number of carbonyl (C=O) groups is 2. The lowest BCUT2D eigenvalue weighted by atomic mass is 10.1. The third-order valence-electron chi connectivity index (χ3n) is 4.02. The SMILES string of the molecule is O=C(c1c(F)cccc1Cl)N1CCC(=O)N(c2ccccc2)CC1. The molecule has 0 unspecified atom stereocenters. The summed E-state index contributed by atoms with van der Waals surface area (Å²) in [6, 6.07) is 13.4. The van der Waals surface area contributed by atoms with E-state index in [1.54, 1.807) is 4.90 Å². The van der Waals surface area contributed by atoms with Gasteiger partial charge in [0.25, 0.3) is 5.91 Å². The minimum absolute atomic E-state index is 0.0591. The second-order valence-electron chi connectivity index (χ2n) is 5.52. The fourth-order valence-electron chi connectivity index (χ4n) is 2.77. The monoisotopic (exact) mass is 346 g/mol. The van der Waals surface area contributed by atoms with Gasteiger partial charge in [-0.1, -0.05) is 35.9 Å². The topological polar surface area (TPSA) is 40.6 Å². The summed E-state index contributed by atoms with van der Waals surface area (Å²) in [6.45, 7) is 0.927. The molecule has 6 heteroatoms. The molecule has 2 amide bonds. The minimum atomic E-state index is -0.650. The number of hydrogen-bond acceptors (Lipinski definition) is 2. The van der Waals surface area contributed by atoms with Crippen LogP contribution in [-0.4, -0.2) is 36.3 Å². The molecule has 2 aromatic rings. The van der Waals surface area contributed by atoms with Crippen molar-refractivity contribution in [2.24, 2.45) is 0 Å². The molecule has 1 saturated heterocycles. The minimum Gasteiger partial charge on any atom is -0.336 e. The summed E-state index contributed by atoms with van der Waals surface area (Å²) in [5.41, 5.74) is 0.653. The maximum Gasteiger partial charge on any atom is 0.258 e. The second kappa shape index (κ2) is 7.01. The number of hydrogen-bond donors (Lipinski definition) is 0. The van der Waals surface area contributed by atoms with Crippen LogP contribution >= 0.6 is 11.6 Å². The zero-order valence-electron chi connectivity index (χ0n) is 12.9. The van der Waals surface area contributed by atoms with E-state index in [0.717, 1.165) is 5.69 Å². The van der Waals surface area contributed by atoms with Crippen LogP contribution < -0.4 is 4.90 Å². The van der Waals surface area contributed by atoms with Gasteiger partial charge in [-0.3, -0.25) is 9.59 Å². The molecule has 0 aliphatic carbocycles. The number of amides is 2. The maximum absolute atomic E-state index is 14.0. The van der Waals surface area contributed by atoms with Crippen molar-refractivity contribution >= 4 is 29.1 Å². The van der Waals surface area contributed by atoms with Crippen LogP contribution in [-0.2, 0) is 4.79 Å². The van der Waals surface area contributed by atoms with Crippen LogP contribution in [0.5, 0.6) is 0 Å². The van der Waals surface area contributed by atoms with E-state index in [4.69, 9.17) is 11.6 Å². The van der Waals surface area contributed by atoms with Crippen LogP contribution in [0, 0.1) is 5.82 Å². The highest BCUT2D eigenvalue weighted by Crippen LogP contribution is 2.23. The summed E-state index contributed by atoms with van der Waals surface area (Å²) in [7, 11) is 0. The predicted octanol–water partition coefficient (Wildman–Crippen LogP) is 3.36. The number of benzene rings is 2. The molecule has 0 atom stereocenters. The molecular weight excluding hydrogens is 331 g/mol. The molecule has 0 bridgehead atoms. The Morgan fingerprint density at radius 3 is 2.46 bits per heavy atom. The normalized spacial score (nSPS) is 15.3. The quantitative estimate of drug-likeness (QED) is 0.836. The fourth-order valence-corrected chi connectivity index (χ4v) is 3.01. The van der Waals surface area contributed by atoms with Crippen LogP contribution in [0.1, 0.15) is 16.8 Å². The Morgan fingerprint density at radius 2 is 1.75 bits per heavy atom. The first-order chi connectivity index (χ1) is 11.6. The van der Waals surface area contributed by atoms with Crippen molar-refractivity contribution in [1.82, 2.24) is 4.90 Å². The summed E-state index contributed by atoms with van der Waals surface area (Å²) in [5, 5.41) is 0.0792. The molecule has 0 spiro atoms. The van der Waals surface area contributed by atoms with E-state index in [2.05, 4.69) is 0 Å². The number of nitrogens with zero attached hydrogens (tertiary/aromatic N) is 2. The zero-order valence-corrected chi connectivity index (χ0v) is 13.7. The molecular formula is C18H16ClFN2O2. The molecule has 1 aliphatic heterocycles. The van der Waals surface area contributed by atoms with Crippen molar-refractivity contribution in [1.29, 1.82) is 0 Å². The molecule has 124 valence electrons. The van der Waals surface area contributed by atoms with Gasteiger partial charge >= 0.3 is 0 Å². The van der Waals surface area contributed by atoms with Gasteiger partial charge in [0.05, 0.1) is 10.6 Å². The Morgan fingerprint density at radius 1 is 1.00 bits per heavy atom. The van der Waals surface area contributed by atoms with Gasteiger partial charge in [0.15, 0.2) is 0 Å². The molecule has 1 heterocycles. The average molecular weight is 347 g/mol. The van der Waals surface area contributed by atoms with E-state index >= 15 is 0 Å². The average Bonchev–Trinajstić information content (AvgIpc) is 2.77. The predicted molar refractivity (Wildman–Crippen MR) is 90.7 cm³/mol. The third kappa shape index (κ3) is 3.26. The summed E-state index contributed by atoms with van der Waals surface area (Å²) in [6.07, 6.45) is 0.187. The number of para-hydroxylation sites is 1. The van der Waals surface area contributed by atoms with E-state index in [0.29, 0.717) is 13.1 Å². The molecule has 2 aromatic carbocycles. The van der Waals surface area contributed by atoms with Gasteiger partial charge < -0.3 is 9.80 Å². The van der Waals surface area contributed by atoms with Gasteiger partial charge in [0.1, 0.15) is 5.82 Å². The van der Waals surface area contributed by atoms with Crippen LogP contribution in [0.4, 0.5) is 10.1 Å². The highest BCUT2D eigenvalue weighted by Gasteiger charge is 2.27. The number of carbonyl (C=O) groups excluding carboxylic acids is 2. The first kappa shape index (κ1) is 16.5. The first-order valence-electron chi connectivity index (χ1n) is 7.66. The van der Waals surface area contributed by atoms with Gasteiger partial charge in [-0.15, -0.1) is 0 Å². The lowest BCUT2D eigenvalue weighted by Crippen LogP contribution is -2.36. The van der Waals surface area contributed by atoms with Gasteiger partial charge in [-0.05, 0) is 24.3 Å². The van der Waals surface area contributed by atoms with Gasteiger partial charge in [0.2, 0.25) is 5.91 Å². The smallest absolute Gasteiger partial charge is 0.258 e. The molecule has 0 N–H and O–H groups in total. The molecule has 0 radical (unpaired) electrons. The molecule has 0 saturated carbocycles. The summed E-state index contributed by atoms with van der Waals surface area (Å²) in [5.74, 6) is -1.19. The Kier molecular flexibility index (Phi) is 4.81. The largest absolute Gasteiger partial charge is 0.336 e. The second-order valence-corrected chi connectivity index (χ2v) is 5.93. The number of anilines is 1. The summed E-state index contributed by atoms with van der Waals surface area (Å²) in [4.78, 5) is 28.1. The van der Waals surface area contributed by atoms with Crippen molar-refractivity contribution in [2.75, 3.05) is 24.5 Å². The Bertz CT molecular complexity index is 747. The lowest BCUT2D eigenvalue weighted by Gasteiger charge is -2.22. The van der Waals surface area contributed by atoms with Crippen LogP contribution in [0.15, 0.2) is 48.5 Å². The molecule has 3 rings (SSSR count). The fraction of sp³-hybridized carbons (Fsp3) is 0.222. The van der Waals surface area contributed by atoms with Crippen molar-refractivity contribution in [3.63, 3.8) is 0 Å². The van der Waals surface area contributed by atoms with Crippen LogP contribution in [0.2, 0.25) is 5.02 Å². The first-order valence-corrected chi connectivity index (χ1v) is 8.04. The number of rotatable bonds is 2. The van der Waals surface area contributed by atoms with Crippen molar-refractivity contribution in [3.8, 4) is 0 Å².